The maximum absolute atomic E-state index is 12.6. The maximum atomic E-state index is 12.6. The Morgan fingerprint density at radius 1 is 1.33 bits per heavy atom. The van der Waals surface area contributed by atoms with Gasteiger partial charge < -0.3 is 18.8 Å². The first-order chi connectivity index (χ1) is 13.2. The summed E-state index contributed by atoms with van der Waals surface area (Å²) in [5.74, 6) is 0.427. The number of carbonyl (C=O) groups excluding carboxylic acids is 1. The zero-order valence-corrected chi connectivity index (χ0v) is 15.5. The minimum Gasteiger partial charge on any atom is -0.467 e. The van der Waals surface area contributed by atoms with E-state index in [-0.39, 0.29) is 12.1 Å². The Balaban J connectivity index is 1.81. The molecule has 6 nitrogen and oxygen atoms in total. The van der Waals surface area contributed by atoms with Crippen molar-refractivity contribution in [1.82, 2.24) is 4.98 Å². The van der Waals surface area contributed by atoms with E-state index in [0.717, 1.165) is 27.9 Å². The fraction of sp³-hybridized carbons (Fsp3) is 0.333. The van der Waals surface area contributed by atoms with Crippen LogP contribution in [0.4, 0.5) is 5.69 Å². The summed E-state index contributed by atoms with van der Waals surface area (Å²) < 4.78 is 16.7. The monoisotopic (exact) mass is 366 g/mol. The second kappa shape index (κ2) is 7.40. The average Bonchev–Trinajstić information content (AvgIpc) is 3.22. The number of esters is 1. The summed E-state index contributed by atoms with van der Waals surface area (Å²) in [6, 6.07) is 9.78. The van der Waals surface area contributed by atoms with Crippen LogP contribution in [0.2, 0.25) is 0 Å². The highest BCUT2D eigenvalue weighted by Gasteiger charge is 2.29. The molecule has 0 spiro atoms. The number of hydrogen-bond donors (Lipinski definition) is 0. The molecule has 0 amide bonds. The van der Waals surface area contributed by atoms with Crippen LogP contribution in [0.15, 0.2) is 47.2 Å². The van der Waals surface area contributed by atoms with Gasteiger partial charge in [-0.2, -0.15) is 0 Å². The number of aryl methyl sites for hydroxylation is 1. The SMILES string of the molecule is CCOC(=O)c1cnc2c(C)cccc2c1N1CCOC(c2ccco2)C1. The van der Waals surface area contributed by atoms with Crippen LogP contribution in [0.5, 0.6) is 0 Å². The number of furan rings is 1. The van der Waals surface area contributed by atoms with Crippen LogP contribution in [0.1, 0.15) is 34.7 Å². The predicted molar refractivity (Wildman–Crippen MR) is 102 cm³/mol. The molecule has 4 rings (SSSR count). The Labute approximate surface area is 157 Å². The topological polar surface area (TPSA) is 64.8 Å². The van der Waals surface area contributed by atoms with Crippen molar-refractivity contribution < 1.29 is 18.7 Å². The number of rotatable bonds is 4. The summed E-state index contributed by atoms with van der Waals surface area (Å²) in [5, 5.41) is 0.945. The fourth-order valence-corrected chi connectivity index (χ4v) is 3.55. The first-order valence-corrected chi connectivity index (χ1v) is 9.14. The third-order valence-electron chi connectivity index (χ3n) is 4.81. The number of nitrogens with zero attached hydrogens (tertiary/aromatic N) is 2. The van der Waals surface area contributed by atoms with Gasteiger partial charge >= 0.3 is 5.97 Å². The van der Waals surface area contributed by atoms with Gasteiger partial charge in [0.05, 0.1) is 37.2 Å². The number of aromatic nitrogens is 1. The Morgan fingerprint density at radius 2 is 2.22 bits per heavy atom. The van der Waals surface area contributed by atoms with Crippen molar-refractivity contribution in [2.45, 2.75) is 20.0 Å². The molecule has 0 saturated carbocycles. The number of para-hydroxylation sites is 1. The highest BCUT2D eigenvalue weighted by Crippen LogP contribution is 2.35. The minimum atomic E-state index is -0.357. The van der Waals surface area contributed by atoms with Crippen LogP contribution in [-0.2, 0) is 9.47 Å². The molecule has 3 heterocycles. The molecule has 27 heavy (non-hydrogen) atoms. The van der Waals surface area contributed by atoms with Crippen molar-refractivity contribution in [2.75, 3.05) is 31.2 Å². The first-order valence-electron chi connectivity index (χ1n) is 9.14. The zero-order chi connectivity index (χ0) is 18.8. The number of benzene rings is 1. The van der Waals surface area contributed by atoms with Gasteiger partial charge in [-0.3, -0.25) is 4.98 Å². The quantitative estimate of drug-likeness (QED) is 0.653. The van der Waals surface area contributed by atoms with Crippen molar-refractivity contribution in [3.63, 3.8) is 0 Å². The number of morpholine rings is 1. The van der Waals surface area contributed by atoms with Crippen LogP contribution in [-0.4, -0.2) is 37.3 Å². The van der Waals surface area contributed by atoms with Crippen LogP contribution >= 0.6 is 0 Å². The van der Waals surface area contributed by atoms with Gasteiger partial charge in [0.15, 0.2) is 0 Å². The number of anilines is 1. The summed E-state index contributed by atoms with van der Waals surface area (Å²) >= 11 is 0. The lowest BCUT2D eigenvalue weighted by Gasteiger charge is -2.35. The molecule has 0 bridgehead atoms. The molecule has 1 fully saturated rings. The molecule has 1 atom stereocenters. The number of pyridine rings is 1. The van der Waals surface area contributed by atoms with E-state index in [0.29, 0.717) is 31.9 Å². The van der Waals surface area contributed by atoms with E-state index < -0.39 is 0 Å². The van der Waals surface area contributed by atoms with Gasteiger partial charge in [-0.25, -0.2) is 4.79 Å². The summed E-state index contributed by atoms with van der Waals surface area (Å²) in [7, 11) is 0. The fourth-order valence-electron chi connectivity index (χ4n) is 3.55. The lowest BCUT2D eigenvalue weighted by Crippen LogP contribution is -2.39. The lowest BCUT2D eigenvalue weighted by molar-refractivity contribution is 0.0256. The molecule has 0 aliphatic carbocycles. The number of hydrogen-bond acceptors (Lipinski definition) is 6. The summed E-state index contributed by atoms with van der Waals surface area (Å²) in [4.78, 5) is 19.3. The van der Waals surface area contributed by atoms with Crippen LogP contribution in [0, 0.1) is 6.92 Å². The number of fused-ring (bicyclic) bond motifs is 1. The first kappa shape index (κ1) is 17.5. The van der Waals surface area contributed by atoms with Crippen molar-refractivity contribution in [3.8, 4) is 0 Å². The van der Waals surface area contributed by atoms with Crippen LogP contribution in [0.3, 0.4) is 0 Å². The Morgan fingerprint density at radius 3 is 3.00 bits per heavy atom. The Kier molecular flexibility index (Phi) is 4.81. The smallest absolute Gasteiger partial charge is 0.341 e. The molecule has 1 aliphatic heterocycles. The largest absolute Gasteiger partial charge is 0.467 e. The van der Waals surface area contributed by atoms with E-state index in [1.165, 1.54) is 0 Å². The van der Waals surface area contributed by atoms with E-state index >= 15 is 0 Å². The zero-order valence-electron chi connectivity index (χ0n) is 15.5. The van der Waals surface area contributed by atoms with Crippen molar-refractivity contribution in [2.24, 2.45) is 0 Å². The van der Waals surface area contributed by atoms with Crippen molar-refractivity contribution in [1.29, 1.82) is 0 Å². The van der Waals surface area contributed by atoms with Gasteiger partial charge in [0.1, 0.15) is 17.4 Å². The van der Waals surface area contributed by atoms with Gasteiger partial charge in [-0.15, -0.1) is 0 Å². The van der Waals surface area contributed by atoms with E-state index in [4.69, 9.17) is 13.9 Å². The van der Waals surface area contributed by atoms with E-state index in [9.17, 15) is 4.79 Å². The van der Waals surface area contributed by atoms with Crippen LogP contribution < -0.4 is 4.90 Å². The molecule has 1 aliphatic rings. The Bertz CT molecular complexity index is 952. The van der Waals surface area contributed by atoms with E-state index in [2.05, 4.69) is 9.88 Å². The molecule has 1 unspecified atom stereocenters. The second-order valence-electron chi connectivity index (χ2n) is 6.53. The second-order valence-corrected chi connectivity index (χ2v) is 6.53. The molecule has 2 aromatic heterocycles. The molecule has 1 saturated heterocycles. The van der Waals surface area contributed by atoms with Gasteiger partial charge in [0, 0.05) is 18.1 Å². The highest BCUT2D eigenvalue weighted by molar-refractivity contribution is 6.05. The highest BCUT2D eigenvalue weighted by atomic mass is 16.5. The lowest BCUT2D eigenvalue weighted by atomic mass is 10.0. The third-order valence-corrected chi connectivity index (χ3v) is 4.81. The van der Waals surface area contributed by atoms with Crippen molar-refractivity contribution in [3.05, 3.63) is 59.7 Å². The standard InChI is InChI=1S/C21H22N2O4/c1-3-25-21(24)16-12-22-19-14(2)6-4-7-15(19)20(16)23-9-11-27-18(13-23)17-8-5-10-26-17/h4-8,10,12,18H,3,9,11,13H2,1-2H3. The normalized spacial score (nSPS) is 17.3. The minimum absolute atomic E-state index is 0.183. The molecule has 3 aromatic rings. The van der Waals surface area contributed by atoms with Gasteiger partial charge in [-0.05, 0) is 31.5 Å². The summed E-state index contributed by atoms with van der Waals surface area (Å²) in [5.41, 5.74) is 3.29. The molecule has 0 N–H and O–H groups in total. The maximum Gasteiger partial charge on any atom is 0.341 e. The molecule has 1 aromatic carbocycles. The summed E-state index contributed by atoms with van der Waals surface area (Å²) in [6.07, 6.45) is 3.09. The number of carbonyl (C=O) groups is 1. The predicted octanol–water partition coefficient (Wildman–Crippen LogP) is 3.89. The molecular weight excluding hydrogens is 344 g/mol. The van der Waals surface area contributed by atoms with Crippen LogP contribution in [0.25, 0.3) is 10.9 Å². The van der Waals surface area contributed by atoms with Gasteiger partial charge in [-0.1, -0.05) is 18.2 Å². The van der Waals surface area contributed by atoms with Gasteiger partial charge in [0.2, 0.25) is 0 Å². The molecular formula is C21H22N2O4. The van der Waals surface area contributed by atoms with Gasteiger partial charge in [0.25, 0.3) is 0 Å². The number of ether oxygens (including phenoxy) is 2. The molecule has 140 valence electrons. The van der Waals surface area contributed by atoms with E-state index in [1.54, 1.807) is 19.4 Å². The Hall–Kier alpha value is -2.86. The molecule has 0 radical (unpaired) electrons. The van der Waals surface area contributed by atoms with Crippen molar-refractivity contribution >= 4 is 22.6 Å². The average molecular weight is 366 g/mol. The molecule has 6 heteroatoms. The third kappa shape index (κ3) is 3.28. The summed E-state index contributed by atoms with van der Waals surface area (Å²) in [6.45, 7) is 5.96. The van der Waals surface area contributed by atoms with E-state index in [1.807, 2.05) is 37.3 Å².